The molecular weight excluding hydrogens is 223 g/mol. The van der Waals surface area contributed by atoms with Crippen LogP contribution in [0.2, 0.25) is 0 Å². The van der Waals surface area contributed by atoms with Crippen molar-refractivity contribution in [3.8, 4) is 0 Å². The van der Waals surface area contributed by atoms with E-state index in [9.17, 15) is 4.39 Å². The highest BCUT2D eigenvalue weighted by Gasteiger charge is 2.08. The van der Waals surface area contributed by atoms with E-state index in [1.54, 1.807) is 23.5 Å². The third-order valence-corrected chi connectivity index (χ3v) is 3.10. The van der Waals surface area contributed by atoms with E-state index >= 15 is 0 Å². The molecule has 2 nitrogen and oxygen atoms in total. The molecule has 1 aromatic carbocycles. The highest BCUT2D eigenvalue weighted by molar-refractivity contribution is 7.09. The first-order valence-corrected chi connectivity index (χ1v) is 5.97. The molecule has 0 bridgehead atoms. The van der Waals surface area contributed by atoms with Gasteiger partial charge in [-0.3, -0.25) is 0 Å². The standard InChI is InChI=1S/C12H13FN2S/c1-8(12-7-16-9(2)15-12)14-11-5-3-10(13)4-6-11/h3-8,14H,1-2H3. The van der Waals surface area contributed by atoms with Crippen molar-refractivity contribution in [3.05, 3.63) is 46.2 Å². The number of hydrogen-bond acceptors (Lipinski definition) is 3. The van der Waals surface area contributed by atoms with E-state index < -0.39 is 0 Å². The average molecular weight is 236 g/mol. The number of halogens is 1. The molecule has 4 heteroatoms. The summed E-state index contributed by atoms with van der Waals surface area (Å²) in [5.74, 6) is -0.220. The zero-order valence-corrected chi connectivity index (χ0v) is 10.0. The molecule has 0 saturated carbocycles. The summed E-state index contributed by atoms with van der Waals surface area (Å²) in [5.41, 5.74) is 1.92. The molecule has 2 aromatic rings. The van der Waals surface area contributed by atoms with Gasteiger partial charge in [0.2, 0.25) is 0 Å². The summed E-state index contributed by atoms with van der Waals surface area (Å²) in [6.45, 7) is 4.02. The summed E-state index contributed by atoms with van der Waals surface area (Å²) < 4.78 is 12.7. The van der Waals surface area contributed by atoms with Crippen LogP contribution in [0.25, 0.3) is 0 Å². The van der Waals surface area contributed by atoms with Gasteiger partial charge in [-0.25, -0.2) is 9.37 Å². The van der Waals surface area contributed by atoms with Gasteiger partial charge in [0.05, 0.1) is 16.7 Å². The predicted molar refractivity (Wildman–Crippen MR) is 65.3 cm³/mol. The van der Waals surface area contributed by atoms with E-state index in [1.165, 1.54) is 12.1 Å². The second-order valence-electron chi connectivity index (χ2n) is 3.66. The highest BCUT2D eigenvalue weighted by atomic mass is 32.1. The molecule has 0 radical (unpaired) electrons. The van der Waals surface area contributed by atoms with Gasteiger partial charge in [-0.2, -0.15) is 0 Å². The third-order valence-electron chi connectivity index (χ3n) is 2.31. The van der Waals surface area contributed by atoms with Crippen molar-refractivity contribution in [1.29, 1.82) is 0 Å². The zero-order valence-electron chi connectivity index (χ0n) is 9.20. The van der Waals surface area contributed by atoms with Gasteiger partial charge in [-0.15, -0.1) is 11.3 Å². The van der Waals surface area contributed by atoms with Crippen LogP contribution in [0.3, 0.4) is 0 Å². The Morgan fingerprint density at radius 1 is 1.31 bits per heavy atom. The Labute approximate surface area is 98.2 Å². The van der Waals surface area contributed by atoms with Crippen molar-refractivity contribution < 1.29 is 4.39 Å². The number of rotatable bonds is 3. The molecule has 0 aliphatic rings. The molecule has 16 heavy (non-hydrogen) atoms. The topological polar surface area (TPSA) is 24.9 Å². The smallest absolute Gasteiger partial charge is 0.123 e. The maximum Gasteiger partial charge on any atom is 0.123 e. The number of hydrogen-bond donors (Lipinski definition) is 1. The van der Waals surface area contributed by atoms with Crippen molar-refractivity contribution in [3.63, 3.8) is 0 Å². The Kier molecular flexibility index (Phi) is 3.19. The van der Waals surface area contributed by atoms with Crippen LogP contribution in [0.15, 0.2) is 29.6 Å². The molecule has 1 N–H and O–H groups in total. The van der Waals surface area contributed by atoms with Crippen LogP contribution in [-0.4, -0.2) is 4.98 Å². The Morgan fingerprint density at radius 3 is 2.56 bits per heavy atom. The molecule has 84 valence electrons. The van der Waals surface area contributed by atoms with Gasteiger partial charge in [0.15, 0.2) is 0 Å². The fourth-order valence-corrected chi connectivity index (χ4v) is 2.16. The number of nitrogens with zero attached hydrogens (tertiary/aromatic N) is 1. The van der Waals surface area contributed by atoms with Gasteiger partial charge in [-0.1, -0.05) is 0 Å². The molecule has 0 aliphatic carbocycles. The quantitative estimate of drug-likeness (QED) is 0.877. The lowest BCUT2D eigenvalue weighted by Crippen LogP contribution is -2.06. The Morgan fingerprint density at radius 2 is 2.00 bits per heavy atom. The SMILES string of the molecule is Cc1nc(C(C)Nc2ccc(F)cc2)cs1. The lowest BCUT2D eigenvalue weighted by atomic mass is 10.2. The number of thiazole rings is 1. The predicted octanol–water partition coefficient (Wildman–Crippen LogP) is 3.76. The van der Waals surface area contributed by atoms with Gasteiger partial charge >= 0.3 is 0 Å². The van der Waals surface area contributed by atoms with Gasteiger partial charge in [0, 0.05) is 11.1 Å². The molecule has 1 atom stereocenters. The van der Waals surface area contributed by atoms with Crippen LogP contribution >= 0.6 is 11.3 Å². The Balaban J connectivity index is 2.07. The number of benzene rings is 1. The van der Waals surface area contributed by atoms with Gasteiger partial charge in [0.1, 0.15) is 5.82 Å². The Bertz CT molecular complexity index is 464. The minimum Gasteiger partial charge on any atom is -0.377 e. The van der Waals surface area contributed by atoms with Crippen molar-refractivity contribution in [2.45, 2.75) is 19.9 Å². The summed E-state index contributed by atoms with van der Waals surface area (Å²) in [7, 11) is 0. The number of aryl methyl sites for hydroxylation is 1. The molecule has 0 saturated heterocycles. The van der Waals surface area contributed by atoms with Crippen molar-refractivity contribution in [2.24, 2.45) is 0 Å². The van der Waals surface area contributed by atoms with Crippen LogP contribution in [0.5, 0.6) is 0 Å². The first-order valence-electron chi connectivity index (χ1n) is 5.09. The van der Waals surface area contributed by atoms with Crippen LogP contribution in [0, 0.1) is 12.7 Å². The Hall–Kier alpha value is -1.42. The molecule has 0 amide bonds. The molecular formula is C12H13FN2S. The fraction of sp³-hybridized carbons (Fsp3) is 0.250. The summed E-state index contributed by atoms with van der Waals surface area (Å²) in [5, 5.41) is 6.37. The molecule has 1 heterocycles. The summed E-state index contributed by atoms with van der Waals surface area (Å²) >= 11 is 1.63. The van der Waals surface area contributed by atoms with Gasteiger partial charge < -0.3 is 5.32 Å². The van der Waals surface area contributed by atoms with Crippen LogP contribution in [-0.2, 0) is 0 Å². The maximum absolute atomic E-state index is 12.7. The van der Waals surface area contributed by atoms with Crippen LogP contribution in [0.1, 0.15) is 23.7 Å². The number of aromatic nitrogens is 1. The van der Waals surface area contributed by atoms with E-state index in [2.05, 4.69) is 10.3 Å². The van der Waals surface area contributed by atoms with Crippen LogP contribution < -0.4 is 5.32 Å². The van der Waals surface area contributed by atoms with Gasteiger partial charge in [-0.05, 0) is 38.1 Å². The molecule has 1 unspecified atom stereocenters. The van der Waals surface area contributed by atoms with Crippen molar-refractivity contribution in [2.75, 3.05) is 5.32 Å². The molecule has 0 aliphatic heterocycles. The normalized spacial score (nSPS) is 12.4. The maximum atomic E-state index is 12.7. The van der Waals surface area contributed by atoms with E-state index in [1.807, 2.05) is 19.2 Å². The molecule has 1 aromatic heterocycles. The lowest BCUT2D eigenvalue weighted by Gasteiger charge is -2.12. The summed E-state index contributed by atoms with van der Waals surface area (Å²) in [6, 6.07) is 6.48. The fourth-order valence-electron chi connectivity index (χ4n) is 1.45. The average Bonchev–Trinajstić information content (AvgIpc) is 2.68. The number of anilines is 1. The minimum atomic E-state index is -0.220. The zero-order chi connectivity index (χ0) is 11.5. The van der Waals surface area contributed by atoms with Crippen molar-refractivity contribution in [1.82, 2.24) is 4.98 Å². The number of nitrogens with one attached hydrogen (secondary N) is 1. The van der Waals surface area contributed by atoms with E-state index in [-0.39, 0.29) is 11.9 Å². The van der Waals surface area contributed by atoms with E-state index in [0.29, 0.717) is 0 Å². The highest BCUT2D eigenvalue weighted by Crippen LogP contribution is 2.20. The monoisotopic (exact) mass is 236 g/mol. The molecule has 0 spiro atoms. The van der Waals surface area contributed by atoms with E-state index in [4.69, 9.17) is 0 Å². The first kappa shape index (κ1) is 11.1. The summed E-state index contributed by atoms with van der Waals surface area (Å²) in [4.78, 5) is 4.41. The van der Waals surface area contributed by atoms with E-state index in [0.717, 1.165) is 16.4 Å². The van der Waals surface area contributed by atoms with Gasteiger partial charge in [0.25, 0.3) is 0 Å². The largest absolute Gasteiger partial charge is 0.377 e. The second kappa shape index (κ2) is 4.61. The van der Waals surface area contributed by atoms with Crippen LogP contribution in [0.4, 0.5) is 10.1 Å². The minimum absolute atomic E-state index is 0.135. The first-order chi connectivity index (χ1) is 7.65. The molecule has 2 rings (SSSR count). The third kappa shape index (κ3) is 2.58. The lowest BCUT2D eigenvalue weighted by molar-refractivity contribution is 0.628. The second-order valence-corrected chi connectivity index (χ2v) is 4.73. The molecule has 0 fully saturated rings. The summed E-state index contributed by atoms with van der Waals surface area (Å²) in [6.07, 6.45) is 0. The van der Waals surface area contributed by atoms with Crippen molar-refractivity contribution >= 4 is 17.0 Å².